The van der Waals surface area contributed by atoms with Gasteiger partial charge in [0.05, 0.1) is 25.7 Å². The lowest BCUT2D eigenvalue weighted by Gasteiger charge is -2.32. The Hall–Kier alpha value is -10.5. The summed E-state index contributed by atoms with van der Waals surface area (Å²) in [6.07, 6.45) is 0.259. The van der Waals surface area contributed by atoms with Gasteiger partial charge >= 0.3 is 5.97 Å². The molecule has 3 aliphatic rings. The molecule has 0 aliphatic carbocycles. The third-order valence-electron chi connectivity index (χ3n) is 17.4. The topological polar surface area (TPSA) is 545 Å². The third kappa shape index (κ3) is 22.5. The summed E-state index contributed by atoms with van der Waals surface area (Å²) >= 11 is 0. The van der Waals surface area contributed by atoms with Gasteiger partial charge in [-0.3, -0.25) is 67.3 Å². The van der Waals surface area contributed by atoms with Gasteiger partial charge in [-0.1, -0.05) is 68.4 Å². The summed E-state index contributed by atoms with van der Waals surface area (Å²) in [7, 11) is 0. The molecule has 3 saturated heterocycles. The van der Waals surface area contributed by atoms with Crippen LogP contribution in [0.2, 0.25) is 0 Å². The maximum absolute atomic E-state index is 14.6. The highest BCUT2D eigenvalue weighted by atomic mass is 16.4. The van der Waals surface area contributed by atoms with Crippen molar-refractivity contribution >= 4 is 82.8 Å². The largest absolute Gasteiger partial charge is 0.508 e. The number of phenols is 2. The van der Waals surface area contributed by atoms with E-state index in [9.17, 15) is 87.9 Å². The lowest BCUT2D eigenvalue weighted by molar-refractivity contribution is -0.145. The van der Waals surface area contributed by atoms with Crippen LogP contribution < -0.4 is 65.5 Å². The minimum Gasteiger partial charge on any atom is -0.508 e. The molecule has 544 valence electrons. The zero-order chi connectivity index (χ0) is 73.5. The van der Waals surface area contributed by atoms with Crippen LogP contribution in [-0.2, 0) is 81.6 Å². The molecular weight excluding hydrogens is 1300 g/mol. The van der Waals surface area contributed by atoms with E-state index in [0.717, 1.165) is 4.90 Å². The van der Waals surface area contributed by atoms with Gasteiger partial charge in [-0.2, -0.15) is 0 Å². The van der Waals surface area contributed by atoms with Crippen molar-refractivity contribution < 1.29 is 87.9 Å². The first-order chi connectivity index (χ1) is 47.5. The number of carbonyl (C=O) groups excluding carboxylic acids is 12. The average molecular weight is 1400 g/mol. The van der Waals surface area contributed by atoms with Crippen molar-refractivity contribution in [1.29, 1.82) is 0 Å². The molecule has 34 heteroatoms. The van der Waals surface area contributed by atoms with Crippen LogP contribution in [0.15, 0.2) is 83.9 Å². The Bertz CT molecular complexity index is 3430. The zero-order valence-electron chi connectivity index (χ0n) is 55.9. The van der Waals surface area contributed by atoms with Crippen molar-refractivity contribution in [1.82, 2.24) is 57.2 Å². The number of rotatable bonds is 35. The van der Waals surface area contributed by atoms with Crippen LogP contribution >= 0.6 is 0 Å². The molecule has 3 aromatic rings. The van der Waals surface area contributed by atoms with Gasteiger partial charge in [-0.25, -0.2) is 0 Å². The normalized spacial score (nSPS) is 18.4. The number of aromatic hydroxyl groups is 2. The fourth-order valence-corrected chi connectivity index (χ4v) is 12.0. The first-order valence-electron chi connectivity index (χ1n) is 33.0. The number of phenolic OH excluding ortho intramolecular Hbond substituents is 2. The molecule has 0 saturated carbocycles. The molecule has 0 bridgehead atoms. The van der Waals surface area contributed by atoms with Crippen LogP contribution in [0.3, 0.4) is 0 Å². The number of carboxylic acid groups (broad SMARTS) is 1. The molecule has 3 aromatic carbocycles. The van der Waals surface area contributed by atoms with Crippen molar-refractivity contribution in [3.8, 4) is 11.5 Å². The van der Waals surface area contributed by atoms with Crippen molar-refractivity contribution in [3.05, 3.63) is 95.6 Å². The molecule has 100 heavy (non-hydrogen) atoms. The first-order valence-corrected chi connectivity index (χ1v) is 33.0. The number of aliphatic carboxylic acids is 1. The Kier molecular flexibility index (Phi) is 29.4. The molecule has 0 aromatic heterocycles. The van der Waals surface area contributed by atoms with Crippen molar-refractivity contribution in [2.24, 2.45) is 33.8 Å². The van der Waals surface area contributed by atoms with E-state index in [1.807, 2.05) is 0 Å². The number of nitrogens with zero attached hydrogens (tertiary/aromatic N) is 4. The summed E-state index contributed by atoms with van der Waals surface area (Å²) in [4.78, 5) is 187. The second-order valence-corrected chi connectivity index (χ2v) is 25.2. The number of hydrogen-bond acceptors (Lipinski definition) is 19. The number of aliphatic hydroxyl groups is 2. The van der Waals surface area contributed by atoms with Gasteiger partial charge in [-0.05, 0) is 112 Å². The minimum atomic E-state index is -1.95. The van der Waals surface area contributed by atoms with Gasteiger partial charge in [-0.15, -0.1) is 0 Å². The number of primary amides is 1. The number of guanidine groups is 1. The summed E-state index contributed by atoms with van der Waals surface area (Å²) < 4.78 is 0. The van der Waals surface area contributed by atoms with Crippen molar-refractivity contribution in [3.63, 3.8) is 0 Å². The predicted molar refractivity (Wildman–Crippen MR) is 357 cm³/mol. The Morgan fingerprint density at radius 2 is 0.920 bits per heavy atom. The van der Waals surface area contributed by atoms with E-state index in [-0.39, 0.29) is 95.0 Å². The Morgan fingerprint density at radius 3 is 1.44 bits per heavy atom. The monoisotopic (exact) mass is 1400 g/mol. The first kappa shape index (κ1) is 78.5. The van der Waals surface area contributed by atoms with E-state index in [4.69, 9.17) is 22.9 Å². The van der Waals surface area contributed by atoms with Gasteiger partial charge < -0.3 is 106 Å². The standard InChI is InChI=1S/C66H92N16O18/c1-35(2)53(65(100)82-28-10-16-51(82)62(97)74-44(30-37-11-5-4-6-12-37)57(92)73-43(13-7-25-71-66(69)70)63(98)80-26-8-14-49(80)54(68)89)79-60(95)48(34-84)78-58(93)45(32-52(87)88)75-61(96)50-15-9-27-81(50)64(99)46(31-39-19-23-41(86)24-20-39)76-55(90)36(3)72-59(94)47(33-83)77-56(91)42(67)29-38-17-21-40(85)22-18-38/h4-6,11-12,17-24,35-36,42-51,53,83-86H,7-10,13-16,25-34,67H2,1-3H3,(H2,68,89)(H,72,94)(H,73,92)(H,74,97)(H,75,96)(H,76,90)(H,77,91)(H,78,93)(H,79,95)(H,87,88)(H4,69,70,71)/t36-,42-,43-,44-,45-,46-,47-,48-,49-,50-,51-,53-/m0/s1. The van der Waals surface area contributed by atoms with Crippen molar-refractivity contribution in [2.75, 3.05) is 39.4 Å². The molecule has 21 N–H and O–H groups in total. The quantitative estimate of drug-likeness (QED) is 0.0149. The van der Waals surface area contributed by atoms with Crippen LogP contribution in [0.4, 0.5) is 0 Å². The predicted octanol–water partition coefficient (Wildman–Crippen LogP) is -5.02. The fourth-order valence-electron chi connectivity index (χ4n) is 12.0. The lowest BCUT2D eigenvalue weighted by Crippen LogP contribution is -2.62. The van der Waals surface area contributed by atoms with Gasteiger partial charge in [0.2, 0.25) is 70.9 Å². The lowest BCUT2D eigenvalue weighted by atomic mass is 10.0. The molecule has 12 amide bonds. The zero-order valence-corrected chi connectivity index (χ0v) is 55.9. The number of benzene rings is 3. The fraction of sp³-hybridized carbons (Fsp3) is 0.515. The van der Waals surface area contributed by atoms with Gasteiger partial charge in [0.15, 0.2) is 5.96 Å². The summed E-state index contributed by atoms with van der Waals surface area (Å²) in [6.45, 7) is 2.61. The number of hydrogen-bond donors (Lipinski definition) is 17. The van der Waals surface area contributed by atoms with Crippen LogP contribution in [0.5, 0.6) is 11.5 Å². The number of aliphatic hydroxyl groups excluding tert-OH is 2. The van der Waals surface area contributed by atoms with Gasteiger partial charge in [0.25, 0.3) is 0 Å². The summed E-state index contributed by atoms with van der Waals surface area (Å²) in [5, 5.41) is 70.1. The number of nitrogens with one attached hydrogen (secondary N) is 8. The number of carboxylic acids is 1. The highest BCUT2D eigenvalue weighted by Gasteiger charge is 2.44. The van der Waals surface area contributed by atoms with E-state index in [1.54, 1.807) is 56.3 Å². The Morgan fingerprint density at radius 1 is 0.490 bits per heavy atom. The number of amides is 12. The van der Waals surface area contributed by atoms with E-state index in [0.29, 0.717) is 36.0 Å². The molecule has 3 fully saturated rings. The second kappa shape index (κ2) is 37.5. The van der Waals surface area contributed by atoms with E-state index in [2.05, 4.69) is 47.5 Å². The van der Waals surface area contributed by atoms with Crippen LogP contribution in [-0.4, -0.2) is 235 Å². The molecule has 0 unspecified atom stereocenters. The highest BCUT2D eigenvalue weighted by molar-refractivity contribution is 6.00. The maximum atomic E-state index is 14.6. The SMILES string of the molecule is CC(C)[C@H](NC(=O)[C@H](CO)NC(=O)[C@H](CC(=O)O)NC(=O)[C@@H]1CCCN1C(=O)[C@H](Cc1ccc(O)cc1)NC(=O)[C@H](C)NC(=O)[C@H](CO)NC(=O)[C@@H](N)Cc1ccc(O)cc1)C(=O)N1CCC[C@H]1C(=O)N[C@@H](Cc1ccccc1)C(=O)N[C@@H](CCCN=C(N)N)C(=O)N1CCC[C@H]1C(N)=O. The average Bonchev–Trinajstić information content (AvgIpc) is 1.85. The molecular formula is C66H92N16O18. The number of likely N-dealkylation sites (tertiary alicyclic amines) is 3. The molecule has 12 atom stereocenters. The summed E-state index contributed by atoms with van der Waals surface area (Å²) in [5.74, 6) is -13.2. The van der Waals surface area contributed by atoms with Crippen molar-refractivity contribution in [2.45, 2.75) is 170 Å². The molecule has 3 heterocycles. The van der Waals surface area contributed by atoms with Crippen LogP contribution in [0.1, 0.15) is 95.2 Å². The smallest absolute Gasteiger partial charge is 0.305 e. The second-order valence-electron chi connectivity index (χ2n) is 25.2. The minimum absolute atomic E-state index is 0.00152. The summed E-state index contributed by atoms with van der Waals surface area (Å²) in [5.41, 5.74) is 24.3. The molecule has 0 radical (unpaired) electrons. The molecule has 0 spiro atoms. The highest BCUT2D eigenvalue weighted by Crippen LogP contribution is 2.25. The molecule has 3 aliphatic heterocycles. The molecule has 6 rings (SSSR count). The molecule has 34 nitrogen and oxygen atoms in total. The number of nitrogens with two attached hydrogens (primary N) is 4. The van der Waals surface area contributed by atoms with Gasteiger partial charge in [0.1, 0.15) is 78.0 Å². The Balaban J connectivity index is 1.11. The van der Waals surface area contributed by atoms with Crippen LogP contribution in [0, 0.1) is 5.92 Å². The van der Waals surface area contributed by atoms with Gasteiger partial charge in [0, 0.05) is 39.0 Å². The Labute approximate surface area is 576 Å². The number of carbonyl (C=O) groups is 13. The number of aliphatic imine (C=N–C) groups is 1. The summed E-state index contributed by atoms with van der Waals surface area (Å²) in [6, 6.07) is 3.08. The van der Waals surface area contributed by atoms with E-state index < -0.39 is 175 Å². The maximum Gasteiger partial charge on any atom is 0.305 e. The third-order valence-corrected chi connectivity index (χ3v) is 17.4. The van der Waals surface area contributed by atoms with Crippen LogP contribution in [0.25, 0.3) is 0 Å². The van der Waals surface area contributed by atoms with E-state index >= 15 is 0 Å². The van der Waals surface area contributed by atoms with E-state index in [1.165, 1.54) is 53.1 Å².